The molecule has 44 valence electrons. The molecule has 0 spiro atoms. The molecule has 1 N–H and O–H groups in total. The van der Waals surface area contributed by atoms with Crippen molar-refractivity contribution in [2.45, 2.75) is 11.7 Å². The molecule has 1 unspecified atom stereocenters. The van der Waals surface area contributed by atoms with Crippen LogP contribution in [0, 0.1) is 0 Å². The minimum Gasteiger partial charge on any atom is -0.508 e. The first-order chi connectivity index (χ1) is 3.79. The molecule has 1 rings (SSSR count). The Labute approximate surface area is 54.1 Å². The molecule has 0 fully saturated rings. The first-order valence-corrected chi connectivity index (χ1v) is 3.06. The van der Waals surface area contributed by atoms with Gasteiger partial charge in [0, 0.05) is 5.25 Å². The van der Waals surface area contributed by atoms with Crippen molar-refractivity contribution in [3.63, 3.8) is 0 Å². The largest absolute Gasteiger partial charge is 0.508 e. The third-order valence-corrected chi connectivity index (χ3v) is 1.44. The highest BCUT2D eigenvalue weighted by molar-refractivity contribution is 7.81. The van der Waals surface area contributed by atoms with Crippen LogP contribution in [0.25, 0.3) is 0 Å². The third-order valence-electron chi connectivity index (χ3n) is 1.06. The van der Waals surface area contributed by atoms with Crippen molar-refractivity contribution >= 4 is 12.6 Å². The molecule has 2 heteroatoms. The van der Waals surface area contributed by atoms with Gasteiger partial charge in [0.15, 0.2) is 0 Å². The monoisotopic (exact) mass is 128 g/mol. The Kier molecular flexibility index (Phi) is 1.63. The Morgan fingerprint density at radius 3 is 2.88 bits per heavy atom. The highest BCUT2D eigenvalue weighted by Gasteiger charge is 2.00. The van der Waals surface area contributed by atoms with E-state index in [1.807, 2.05) is 6.08 Å². The molecule has 0 aromatic heterocycles. The summed E-state index contributed by atoms with van der Waals surface area (Å²) in [6, 6.07) is 0. The van der Waals surface area contributed by atoms with Gasteiger partial charge in [0.2, 0.25) is 0 Å². The van der Waals surface area contributed by atoms with Crippen LogP contribution in [0.15, 0.2) is 24.0 Å². The van der Waals surface area contributed by atoms with E-state index in [2.05, 4.69) is 12.6 Å². The van der Waals surface area contributed by atoms with E-state index in [0.717, 1.165) is 6.42 Å². The predicted molar refractivity (Wildman–Crippen MR) is 37.2 cm³/mol. The number of thiol groups is 1. The smallest absolute Gasteiger partial charge is 0.111 e. The summed E-state index contributed by atoms with van der Waals surface area (Å²) in [6.45, 7) is 0. The molecule has 0 bridgehead atoms. The Bertz CT molecular complexity index is 137. The van der Waals surface area contributed by atoms with Crippen LogP contribution in [0.1, 0.15) is 6.42 Å². The quantitative estimate of drug-likeness (QED) is 0.476. The van der Waals surface area contributed by atoms with Gasteiger partial charge in [0.05, 0.1) is 0 Å². The summed E-state index contributed by atoms with van der Waals surface area (Å²) >= 11 is 4.16. The van der Waals surface area contributed by atoms with Crippen LogP contribution in [0.5, 0.6) is 0 Å². The summed E-state index contributed by atoms with van der Waals surface area (Å²) in [7, 11) is 0. The molecule has 1 nitrogen and oxygen atoms in total. The zero-order valence-corrected chi connectivity index (χ0v) is 5.31. The fraction of sp³-hybridized carbons (Fsp3) is 0.333. The minimum absolute atomic E-state index is 0.297. The van der Waals surface area contributed by atoms with Gasteiger partial charge in [-0.1, -0.05) is 6.08 Å². The first-order valence-electron chi connectivity index (χ1n) is 2.54. The Morgan fingerprint density at radius 1 is 1.75 bits per heavy atom. The highest BCUT2D eigenvalue weighted by atomic mass is 32.1. The molecule has 0 saturated carbocycles. The van der Waals surface area contributed by atoms with Crippen molar-refractivity contribution in [1.29, 1.82) is 0 Å². The van der Waals surface area contributed by atoms with Gasteiger partial charge in [-0.3, -0.25) is 0 Å². The third kappa shape index (κ3) is 1.30. The van der Waals surface area contributed by atoms with Crippen LogP contribution in [0.4, 0.5) is 0 Å². The lowest BCUT2D eigenvalue weighted by Crippen LogP contribution is -1.96. The van der Waals surface area contributed by atoms with E-state index in [-0.39, 0.29) is 0 Å². The fourth-order valence-electron chi connectivity index (χ4n) is 0.598. The van der Waals surface area contributed by atoms with Crippen molar-refractivity contribution < 1.29 is 5.11 Å². The molecule has 0 aromatic rings. The van der Waals surface area contributed by atoms with Crippen LogP contribution in [0.2, 0.25) is 0 Å². The molecule has 1 atom stereocenters. The van der Waals surface area contributed by atoms with Gasteiger partial charge >= 0.3 is 0 Å². The van der Waals surface area contributed by atoms with E-state index in [9.17, 15) is 0 Å². The van der Waals surface area contributed by atoms with E-state index < -0.39 is 0 Å². The van der Waals surface area contributed by atoms with E-state index in [0.29, 0.717) is 11.0 Å². The maximum Gasteiger partial charge on any atom is 0.111 e. The van der Waals surface area contributed by atoms with Crippen LogP contribution in [-0.2, 0) is 0 Å². The molecule has 1 aliphatic rings. The molecule has 0 saturated heterocycles. The van der Waals surface area contributed by atoms with Crippen LogP contribution < -0.4 is 0 Å². The Morgan fingerprint density at radius 2 is 2.50 bits per heavy atom. The van der Waals surface area contributed by atoms with Crippen molar-refractivity contribution in [2.75, 3.05) is 0 Å². The molecule has 0 aliphatic heterocycles. The number of aliphatic hydroxyl groups is 1. The van der Waals surface area contributed by atoms with E-state index in [4.69, 9.17) is 5.11 Å². The van der Waals surface area contributed by atoms with Gasteiger partial charge in [-0.25, -0.2) is 0 Å². The van der Waals surface area contributed by atoms with E-state index in [1.54, 1.807) is 12.2 Å². The van der Waals surface area contributed by atoms with Gasteiger partial charge in [-0.05, 0) is 18.6 Å². The molecule has 8 heavy (non-hydrogen) atoms. The summed E-state index contributed by atoms with van der Waals surface area (Å²) in [5.41, 5.74) is 0. The second-order valence-corrected chi connectivity index (χ2v) is 2.45. The summed E-state index contributed by atoms with van der Waals surface area (Å²) < 4.78 is 0. The summed E-state index contributed by atoms with van der Waals surface area (Å²) in [6.07, 6.45) is 6.14. The summed E-state index contributed by atoms with van der Waals surface area (Å²) in [5.74, 6) is 0.357. The number of rotatable bonds is 0. The van der Waals surface area contributed by atoms with Crippen molar-refractivity contribution in [2.24, 2.45) is 0 Å². The zero-order chi connectivity index (χ0) is 5.98. The van der Waals surface area contributed by atoms with Gasteiger partial charge in [-0.15, -0.1) is 0 Å². The normalized spacial score (nSPS) is 27.6. The first kappa shape index (κ1) is 5.76. The lowest BCUT2D eigenvalue weighted by molar-refractivity contribution is 0.427. The molecular formula is C6H8OS. The van der Waals surface area contributed by atoms with Gasteiger partial charge in [0.25, 0.3) is 0 Å². The maximum absolute atomic E-state index is 8.77. The number of hydrogen-bond donors (Lipinski definition) is 2. The molecule has 0 radical (unpaired) electrons. The van der Waals surface area contributed by atoms with Gasteiger partial charge < -0.3 is 5.11 Å². The average Bonchev–Trinajstić information content (AvgIpc) is 1.77. The van der Waals surface area contributed by atoms with E-state index in [1.165, 1.54) is 0 Å². The van der Waals surface area contributed by atoms with Crippen LogP contribution in [0.3, 0.4) is 0 Å². The maximum atomic E-state index is 8.77. The van der Waals surface area contributed by atoms with Crippen molar-refractivity contribution in [1.82, 2.24) is 0 Å². The fourth-order valence-corrected chi connectivity index (χ4v) is 0.789. The molecule has 0 aromatic carbocycles. The van der Waals surface area contributed by atoms with Crippen LogP contribution in [-0.4, -0.2) is 10.4 Å². The lowest BCUT2D eigenvalue weighted by Gasteiger charge is -2.04. The topological polar surface area (TPSA) is 20.2 Å². The van der Waals surface area contributed by atoms with Gasteiger partial charge in [-0.2, -0.15) is 12.6 Å². The second-order valence-electron chi connectivity index (χ2n) is 1.79. The zero-order valence-electron chi connectivity index (χ0n) is 4.41. The molecule has 0 heterocycles. The van der Waals surface area contributed by atoms with E-state index >= 15 is 0 Å². The predicted octanol–water partition coefficient (Wildman–Crippen LogP) is 1.69. The van der Waals surface area contributed by atoms with Gasteiger partial charge in [0.1, 0.15) is 5.76 Å². The number of allylic oxidation sites excluding steroid dienone is 2. The SMILES string of the molecule is OC1=CCC(S)C=C1. The molecule has 1 aliphatic carbocycles. The van der Waals surface area contributed by atoms with Crippen molar-refractivity contribution in [3.05, 3.63) is 24.0 Å². The molecule has 0 amide bonds. The number of aliphatic hydroxyl groups excluding tert-OH is 1. The molecular weight excluding hydrogens is 120 g/mol. The van der Waals surface area contributed by atoms with Crippen molar-refractivity contribution in [3.8, 4) is 0 Å². The highest BCUT2D eigenvalue weighted by Crippen LogP contribution is 2.11. The minimum atomic E-state index is 0.297. The van der Waals surface area contributed by atoms with Crippen LogP contribution >= 0.6 is 12.6 Å². The number of hydrogen-bond acceptors (Lipinski definition) is 2. The Hall–Kier alpha value is -0.370. The Balaban J connectivity index is 2.58. The lowest BCUT2D eigenvalue weighted by atomic mass is 10.2. The summed E-state index contributed by atoms with van der Waals surface area (Å²) in [5, 5.41) is 9.06. The average molecular weight is 128 g/mol. The second kappa shape index (κ2) is 2.27. The standard InChI is InChI=1S/C6H8OS/c7-5-1-3-6(8)4-2-5/h1-3,6-8H,4H2. The summed E-state index contributed by atoms with van der Waals surface area (Å²) in [4.78, 5) is 0.